The van der Waals surface area contributed by atoms with E-state index in [1.165, 1.54) is 4.90 Å². The number of rotatable bonds is 4. The van der Waals surface area contributed by atoms with E-state index in [1.54, 1.807) is 0 Å². The molecule has 0 saturated heterocycles. The number of carbonyl (C=O) groups excluding carboxylic acids is 2. The molecule has 2 heterocycles. The van der Waals surface area contributed by atoms with Crippen molar-refractivity contribution in [1.82, 2.24) is 4.57 Å². The standard InChI is InChI=1S/C37H30N2O3/c1-21(2)23-13-9-14-24(22(3)4)34(23)39-36(41)28-16-10-15-25-32(20-19-29(33(25)28)37(39)42)38-30-17-7-5-11-26(30)35(40)27-12-6-8-18-31(27)38/h5-22H,1-4H3. The van der Waals surface area contributed by atoms with E-state index in [0.29, 0.717) is 33.0 Å². The predicted octanol–water partition coefficient (Wildman–Crippen LogP) is 8.34. The van der Waals surface area contributed by atoms with Crippen LogP contribution in [0.15, 0.2) is 102 Å². The van der Waals surface area contributed by atoms with Crippen molar-refractivity contribution >= 4 is 50.1 Å². The van der Waals surface area contributed by atoms with Crippen molar-refractivity contribution in [3.8, 4) is 5.69 Å². The van der Waals surface area contributed by atoms with Gasteiger partial charge in [-0.2, -0.15) is 0 Å². The Morgan fingerprint density at radius 1 is 0.524 bits per heavy atom. The van der Waals surface area contributed by atoms with Crippen molar-refractivity contribution in [1.29, 1.82) is 0 Å². The van der Waals surface area contributed by atoms with Crippen molar-refractivity contribution in [2.24, 2.45) is 0 Å². The van der Waals surface area contributed by atoms with Crippen molar-refractivity contribution in [3.05, 3.63) is 130 Å². The fraction of sp³-hybridized carbons (Fsp3) is 0.162. The molecule has 0 spiro atoms. The summed E-state index contributed by atoms with van der Waals surface area (Å²) < 4.78 is 2.07. The van der Waals surface area contributed by atoms with Crippen LogP contribution in [0.2, 0.25) is 0 Å². The van der Waals surface area contributed by atoms with E-state index in [0.717, 1.165) is 33.2 Å². The Balaban J connectivity index is 1.53. The van der Waals surface area contributed by atoms with Crippen LogP contribution in [0, 0.1) is 0 Å². The zero-order valence-electron chi connectivity index (χ0n) is 24.0. The third kappa shape index (κ3) is 3.59. The second-order valence-corrected chi connectivity index (χ2v) is 11.6. The number of hydrogen-bond acceptors (Lipinski definition) is 3. The molecule has 0 bridgehead atoms. The summed E-state index contributed by atoms with van der Waals surface area (Å²) in [6, 6.07) is 30.6. The summed E-state index contributed by atoms with van der Waals surface area (Å²) in [5.41, 5.74) is 5.95. The first-order valence-corrected chi connectivity index (χ1v) is 14.4. The van der Waals surface area contributed by atoms with E-state index >= 15 is 0 Å². The van der Waals surface area contributed by atoms with Crippen LogP contribution in [0.1, 0.15) is 71.4 Å². The van der Waals surface area contributed by atoms with Gasteiger partial charge in [-0.1, -0.05) is 82.3 Å². The van der Waals surface area contributed by atoms with E-state index in [-0.39, 0.29) is 29.1 Å². The average molecular weight is 551 g/mol. The Bertz CT molecular complexity index is 2060. The van der Waals surface area contributed by atoms with E-state index in [4.69, 9.17) is 0 Å². The maximum absolute atomic E-state index is 14.3. The molecule has 7 rings (SSSR count). The van der Waals surface area contributed by atoms with Gasteiger partial charge in [-0.05, 0) is 65.4 Å². The van der Waals surface area contributed by atoms with Gasteiger partial charge in [0.1, 0.15) is 0 Å². The number of carbonyl (C=O) groups is 2. The van der Waals surface area contributed by atoms with Gasteiger partial charge in [-0.15, -0.1) is 0 Å². The number of para-hydroxylation sites is 3. The summed E-state index contributed by atoms with van der Waals surface area (Å²) in [6.45, 7) is 8.34. The maximum atomic E-state index is 14.3. The monoisotopic (exact) mass is 550 g/mol. The number of aromatic nitrogens is 1. The number of imide groups is 1. The highest BCUT2D eigenvalue weighted by atomic mass is 16.2. The molecule has 0 atom stereocenters. The summed E-state index contributed by atoms with van der Waals surface area (Å²) in [5, 5.41) is 2.65. The number of pyridine rings is 1. The fourth-order valence-corrected chi connectivity index (χ4v) is 6.50. The number of amides is 2. The lowest BCUT2D eigenvalue weighted by Crippen LogP contribution is -2.41. The van der Waals surface area contributed by atoms with Crippen LogP contribution in [-0.2, 0) is 0 Å². The molecule has 0 saturated carbocycles. The largest absolute Gasteiger partial charge is 0.308 e. The topological polar surface area (TPSA) is 59.4 Å². The van der Waals surface area contributed by atoms with Crippen molar-refractivity contribution < 1.29 is 9.59 Å². The van der Waals surface area contributed by atoms with Crippen LogP contribution < -0.4 is 10.3 Å². The van der Waals surface area contributed by atoms with Gasteiger partial charge in [0.2, 0.25) is 0 Å². The molecule has 6 aromatic rings. The Hall–Kier alpha value is -5.03. The smallest absolute Gasteiger partial charge is 0.266 e. The second-order valence-electron chi connectivity index (χ2n) is 11.6. The molecule has 0 N–H and O–H groups in total. The average Bonchev–Trinajstić information content (AvgIpc) is 3.00. The molecule has 5 nitrogen and oxygen atoms in total. The van der Waals surface area contributed by atoms with Crippen LogP contribution in [0.5, 0.6) is 0 Å². The highest BCUT2D eigenvalue weighted by Crippen LogP contribution is 2.42. The Kier molecular flexibility index (Phi) is 5.87. The summed E-state index contributed by atoms with van der Waals surface area (Å²) in [7, 11) is 0. The fourth-order valence-electron chi connectivity index (χ4n) is 6.50. The van der Waals surface area contributed by atoms with E-state index in [9.17, 15) is 14.4 Å². The molecule has 0 fully saturated rings. The summed E-state index contributed by atoms with van der Waals surface area (Å²) in [6.07, 6.45) is 0. The quantitative estimate of drug-likeness (QED) is 0.164. The number of fused-ring (bicyclic) bond motifs is 2. The van der Waals surface area contributed by atoms with E-state index < -0.39 is 0 Å². The van der Waals surface area contributed by atoms with Gasteiger partial charge in [-0.25, -0.2) is 4.90 Å². The van der Waals surface area contributed by atoms with Crippen LogP contribution >= 0.6 is 0 Å². The lowest BCUT2D eigenvalue weighted by atomic mass is 9.88. The van der Waals surface area contributed by atoms with Gasteiger partial charge in [-0.3, -0.25) is 14.4 Å². The first-order chi connectivity index (χ1) is 20.3. The van der Waals surface area contributed by atoms with E-state index in [2.05, 4.69) is 32.3 Å². The number of benzene rings is 5. The van der Waals surface area contributed by atoms with Crippen LogP contribution in [0.25, 0.3) is 38.3 Å². The molecular weight excluding hydrogens is 520 g/mol. The number of anilines is 1. The molecule has 5 aromatic carbocycles. The van der Waals surface area contributed by atoms with Gasteiger partial charge in [0.05, 0.1) is 22.4 Å². The summed E-state index contributed by atoms with van der Waals surface area (Å²) in [4.78, 5) is 43.5. The van der Waals surface area contributed by atoms with Crippen molar-refractivity contribution in [2.45, 2.75) is 39.5 Å². The molecule has 5 heteroatoms. The summed E-state index contributed by atoms with van der Waals surface area (Å²) >= 11 is 0. The highest BCUT2D eigenvalue weighted by Gasteiger charge is 2.37. The molecule has 2 amide bonds. The van der Waals surface area contributed by atoms with Gasteiger partial charge in [0, 0.05) is 32.7 Å². The third-order valence-corrected chi connectivity index (χ3v) is 8.47. The number of nitrogens with zero attached hydrogens (tertiary/aromatic N) is 2. The molecule has 206 valence electrons. The molecule has 1 aliphatic heterocycles. The van der Waals surface area contributed by atoms with Crippen LogP contribution in [0.4, 0.5) is 5.69 Å². The SMILES string of the molecule is CC(C)c1cccc(C(C)C)c1N1C(=O)c2cccc3c(-n4c5ccccc5c(=O)c5ccccc54)ccc(c23)C1=O. The minimum atomic E-state index is -0.320. The predicted molar refractivity (Wildman–Crippen MR) is 170 cm³/mol. The molecule has 1 aromatic heterocycles. The Morgan fingerprint density at radius 3 is 1.60 bits per heavy atom. The molecule has 0 aliphatic carbocycles. The normalized spacial score (nSPS) is 13.3. The van der Waals surface area contributed by atoms with Gasteiger partial charge >= 0.3 is 0 Å². The van der Waals surface area contributed by atoms with Crippen LogP contribution in [0.3, 0.4) is 0 Å². The lowest BCUT2D eigenvalue weighted by molar-refractivity contribution is 0.0893. The summed E-state index contributed by atoms with van der Waals surface area (Å²) in [5.74, 6) is -0.388. The molecule has 1 aliphatic rings. The van der Waals surface area contributed by atoms with Crippen molar-refractivity contribution in [3.63, 3.8) is 0 Å². The molecule has 0 radical (unpaired) electrons. The molecule has 0 unspecified atom stereocenters. The highest BCUT2D eigenvalue weighted by molar-refractivity contribution is 6.36. The lowest BCUT2D eigenvalue weighted by Gasteiger charge is -2.32. The van der Waals surface area contributed by atoms with Gasteiger partial charge < -0.3 is 4.57 Å². The Labute approximate surface area is 243 Å². The minimum Gasteiger partial charge on any atom is -0.308 e. The maximum Gasteiger partial charge on any atom is 0.266 e. The van der Waals surface area contributed by atoms with E-state index in [1.807, 2.05) is 97.1 Å². The van der Waals surface area contributed by atoms with Gasteiger partial charge in [0.25, 0.3) is 11.8 Å². The van der Waals surface area contributed by atoms with Crippen LogP contribution in [-0.4, -0.2) is 16.4 Å². The first kappa shape index (κ1) is 25.9. The molecule has 42 heavy (non-hydrogen) atoms. The zero-order valence-corrected chi connectivity index (χ0v) is 24.0. The first-order valence-electron chi connectivity index (χ1n) is 14.4. The Morgan fingerprint density at radius 2 is 1.02 bits per heavy atom. The van der Waals surface area contributed by atoms with Crippen molar-refractivity contribution in [2.75, 3.05) is 4.90 Å². The zero-order chi connectivity index (χ0) is 29.3. The van der Waals surface area contributed by atoms with Gasteiger partial charge in [0.15, 0.2) is 5.43 Å². The second kappa shape index (κ2) is 9.52. The minimum absolute atomic E-state index is 0.0223. The molecular formula is C37H30N2O3. The third-order valence-electron chi connectivity index (χ3n) is 8.47. The number of hydrogen-bond donors (Lipinski definition) is 0.